The molecule has 0 aromatic carbocycles. The summed E-state index contributed by atoms with van der Waals surface area (Å²) in [4.78, 5) is 8.75. The Hall–Kier alpha value is -1.84. The summed E-state index contributed by atoms with van der Waals surface area (Å²) in [6, 6.07) is 6.66. The average molecular weight is 284 g/mol. The predicted molar refractivity (Wildman–Crippen MR) is 85.6 cm³/mol. The van der Waals surface area contributed by atoms with Gasteiger partial charge in [0.25, 0.3) is 0 Å². The molecule has 112 valence electrons. The predicted octanol–water partition coefficient (Wildman–Crippen LogP) is 3.89. The van der Waals surface area contributed by atoms with Crippen LogP contribution in [0.1, 0.15) is 39.5 Å². The van der Waals surface area contributed by atoms with Gasteiger partial charge in [0.05, 0.1) is 0 Å². The molecule has 0 radical (unpaired) electrons. The first-order valence-electron chi connectivity index (χ1n) is 7.94. The molecule has 1 aliphatic rings. The largest absolute Gasteiger partial charge is 0.367 e. The van der Waals surface area contributed by atoms with Gasteiger partial charge in [0, 0.05) is 18.4 Å². The molecule has 2 heterocycles. The lowest BCUT2D eigenvalue weighted by Gasteiger charge is -2.31. The SMILES string of the molecule is CC(C)C1CCC(Nc2cccc(-n3ccnc3)n2)CC1. The number of aromatic nitrogens is 3. The smallest absolute Gasteiger partial charge is 0.140 e. The third-order valence-corrected chi connectivity index (χ3v) is 4.57. The Morgan fingerprint density at radius 1 is 1.19 bits per heavy atom. The minimum Gasteiger partial charge on any atom is -0.367 e. The molecule has 0 spiro atoms. The van der Waals surface area contributed by atoms with E-state index in [1.807, 2.05) is 22.9 Å². The summed E-state index contributed by atoms with van der Waals surface area (Å²) in [6.45, 7) is 4.68. The van der Waals surface area contributed by atoms with E-state index in [1.165, 1.54) is 25.7 Å². The average Bonchev–Trinajstić information content (AvgIpc) is 3.02. The first-order chi connectivity index (χ1) is 10.2. The van der Waals surface area contributed by atoms with Crippen LogP contribution in [0.2, 0.25) is 0 Å². The molecular formula is C17H24N4. The van der Waals surface area contributed by atoms with Crippen molar-refractivity contribution in [3.63, 3.8) is 0 Å². The van der Waals surface area contributed by atoms with Crippen molar-refractivity contribution in [2.45, 2.75) is 45.6 Å². The van der Waals surface area contributed by atoms with Crippen molar-refractivity contribution in [2.75, 3.05) is 5.32 Å². The van der Waals surface area contributed by atoms with Crippen LogP contribution in [0.25, 0.3) is 5.82 Å². The second-order valence-electron chi connectivity index (χ2n) is 6.35. The Balaban J connectivity index is 1.62. The summed E-state index contributed by atoms with van der Waals surface area (Å²) in [5, 5.41) is 3.60. The third kappa shape index (κ3) is 3.43. The molecular weight excluding hydrogens is 260 g/mol. The lowest BCUT2D eigenvalue weighted by atomic mass is 9.80. The molecule has 0 unspecified atom stereocenters. The number of rotatable bonds is 4. The molecule has 2 aromatic heterocycles. The lowest BCUT2D eigenvalue weighted by molar-refractivity contribution is 0.266. The monoisotopic (exact) mass is 284 g/mol. The second kappa shape index (κ2) is 6.29. The van der Waals surface area contributed by atoms with Gasteiger partial charge in [0.2, 0.25) is 0 Å². The van der Waals surface area contributed by atoms with Gasteiger partial charge >= 0.3 is 0 Å². The highest BCUT2D eigenvalue weighted by Gasteiger charge is 2.23. The van der Waals surface area contributed by atoms with Gasteiger partial charge in [-0.3, -0.25) is 4.57 Å². The van der Waals surface area contributed by atoms with Gasteiger partial charge in [0.15, 0.2) is 0 Å². The molecule has 21 heavy (non-hydrogen) atoms. The summed E-state index contributed by atoms with van der Waals surface area (Å²) in [5.41, 5.74) is 0. The first kappa shape index (κ1) is 14.1. The van der Waals surface area contributed by atoms with Crippen molar-refractivity contribution in [1.29, 1.82) is 0 Å². The Bertz CT molecular complexity index is 554. The van der Waals surface area contributed by atoms with Crippen LogP contribution in [0, 0.1) is 11.8 Å². The van der Waals surface area contributed by atoms with Crippen LogP contribution in [-0.4, -0.2) is 20.6 Å². The van der Waals surface area contributed by atoms with Crippen molar-refractivity contribution >= 4 is 5.82 Å². The molecule has 4 nitrogen and oxygen atoms in total. The van der Waals surface area contributed by atoms with Crippen molar-refractivity contribution in [1.82, 2.24) is 14.5 Å². The van der Waals surface area contributed by atoms with E-state index in [0.717, 1.165) is 23.5 Å². The fraction of sp³-hybridized carbons (Fsp3) is 0.529. The standard InChI is InChI=1S/C17H24N4/c1-13(2)14-6-8-15(9-7-14)19-16-4-3-5-17(20-16)21-11-10-18-12-21/h3-5,10-15H,6-9H2,1-2H3,(H,19,20). The molecule has 1 fully saturated rings. The van der Waals surface area contributed by atoms with Crippen LogP contribution >= 0.6 is 0 Å². The molecule has 1 aliphatic carbocycles. The highest BCUT2D eigenvalue weighted by atomic mass is 15.1. The first-order valence-corrected chi connectivity index (χ1v) is 7.94. The number of hydrogen-bond donors (Lipinski definition) is 1. The van der Waals surface area contributed by atoms with Crippen molar-refractivity contribution in [3.8, 4) is 5.82 Å². The van der Waals surface area contributed by atoms with Crippen LogP contribution < -0.4 is 5.32 Å². The Kier molecular flexibility index (Phi) is 4.23. The summed E-state index contributed by atoms with van der Waals surface area (Å²) in [7, 11) is 0. The van der Waals surface area contributed by atoms with E-state index in [1.54, 1.807) is 12.5 Å². The van der Waals surface area contributed by atoms with E-state index >= 15 is 0 Å². The van der Waals surface area contributed by atoms with E-state index < -0.39 is 0 Å². The van der Waals surface area contributed by atoms with Crippen molar-refractivity contribution in [3.05, 3.63) is 36.9 Å². The number of anilines is 1. The topological polar surface area (TPSA) is 42.7 Å². The normalized spacial score (nSPS) is 22.4. The Labute approximate surface area is 126 Å². The minimum atomic E-state index is 0.561. The van der Waals surface area contributed by atoms with Gasteiger partial charge in [-0.15, -0.1) is 0 Å². The van der Waals surface area contributed by atoms with Crippen LogP contribution in [0.4, 0.5) is 5.82 Å². The molecule has 0 bridgehead atoms. The van der Waals surface area contributed by atoms with Crippen LogP contribution in [0.15, 0.2) is 36.9 Å². The van der Waals surface area contributed by atoms with Gasteiger partial charge in [-0.25, -0.2) is 9.97 Å². The number of nitrogens with zero attached hydrogens (tertiary/aromatic N) is 3. The minimum absolute atomic E-state index is 0.561. The zero-order valence-electron chi connectivity index (χ0n) is 12.9. The van der Waals surface area contributed by atoms with Gasteiger partial charge in [0.1, 0.15) is 18.0 Å². The molecule has 0 saturated heterocycles. The highest BCUT2D eigenvalue weighted by molar-refractivity contribution is 5.40. The Morgan fingerprint density at radius 3 is 2.67 bits per heavy atom. The summed E-state index contributed by atoms with van der Waals surface area (Å²) < 4.78 is 1.93. The second-order valence-corrected chi connectivity index (χ2v) is 6.35. The quantitative estimate of drug-likeness (QED) is 0.926. The van der Waals surface area contributed by atoms with E-state index in [0.29, 0.717) is 6.04 Å². The summed E-state index contributed by atoms with van der Waals surface area (Å²) in [6.07, 6.45) is 10.6. The fourth-order valence-electron chi connectivity index (χ4n) is 3.18. The molecule has 3 rings (SSSR count). The zero-order chi connectivity index (χ0) is 14.7. The molecule has 0 amide bonds. The van der Waals surface area contributed by atoms with E-state index in [2.05, 4.69) is 35.2 Å². The van der Waals surface area contributed by atoms with E-state index in [4.69, 9.17) is 0 Å². The van der Waals surface area contributed by atoms with Gasteiger partial charge in [-0.05, 0) is 49.7 Å². The van der Waals surface area contributed by atoms with Gasteiger partial charge in [-0.2, -0.15) is 0 Å². The van der Waals surface area contributed by atoms with E-state index in [-0.39, 0.29) is 0 Å². The lowest BCUT2D eigenvalue weighted by Crippen LogP contribution is -2.28. The molecule has 0 aliphatic heterocycles. The summed E-state index contributed by atoms with van der Waals surface area (Å²) in [5.74, 6) is 3.59. The zero-order valence-corrected chi connectivity index (χ0v) is 12.9. The fourth-order valence-corrected chi connectivity index (χ4v) is 3.18. The van der Waals surface area contributed by atoms with Gasteiger partial charge in [-0.1, -0.05) is 19.9 Å². The number of pyridine rings is 1. The molecule has 2 aromatic rings. The Morgan fingerprint density at radius 2 is 2.00 bits per heavy atom. The summed E-state index contributed by atoms with van der Waals surface area (Å²) >= 11 is 0. The molecule has 1 saturated carbocycles. The molecule has 0 atom stereocenters. The number of hydrogen-bond acceptors (Lipinski definition) is 3. The van der Waals surface area contributed by atoms with E-state index in [9.17, 15) is 0 Å². The van der Waals surface area contributed by atoms with Gasteiger partial charge < -0.3 is 5.32 Å². The molecule has 1 N–H and O–H groups in total. The maximum absolute atomic E-state index is 4.68. The van der Waals surface area contributed by atoms with Crippen molar-refractivity contribution in [2.24, 2.45) is 11.8 Å². The third-order valence-electron chi connectivity index (χ3n) is 4.57. The maximum atomic E-state index is 4.68. The van der Waals surface area contributed by atoms with Crippen molar-refractivity contribution < 1.29 is 0 Å². The maximum Gasteiger partial charge on any atom is 0.140 e. The number of imidazole rings is 1. The highest BCUT2D eigenvalue weighted by Crippen LogP contribution is 2.31. The van der Waals surface area contributed by atoms with Crippen LogP contribution in [-0.2, 0) is 0 Å². The molecule has 4 heteroatoms. The van der Waals surface area contributed by atoms with Crippen LogP contribution in [0.5, 0.6) is 0 Å². The number of nitrogens with one attached hydrogen (secondary N) is 1. The van der Waals surface area contributed by atoms with Crippen LogP contribution in [0.3, 0.4) is 0 Å².